The van der Waals surface area contributed by atoms with E-state index in [-0.39, 0.29) is 22.8 Å². The molecule has 3 aromatic rings. The molecule has 1 aromatic heterocycles. The fraction of sp³-hybridized carbons (Fsp3) is 0.333. The first kappa shape index (κ1) is 19.7. The first-order valence-electron chi connectivity index (χ1n) is 9.49. The summed E-state index contributed by atoms with van der Waals surface area (Å²) in [5, 5.41) is 7.88. The van der Waals surface area contributed by atoms with Crippen molar-refractivity contribution >= 4 is 10.0 Å². The van der Waals surface area contributed by atoms with Crippen LogP contribution >= 0.6 is 0 Å². The molecule has 29 heavy (non-hydrogen) atoms. The lowest BCUT2D eigenvalue weighted by molar-refractivity contribution is 0.307. The molecule has 0 aliphatic carbocycles. The van der Waals surface area contributed by atoms with Gasteiger partial charge in [-0.25, -0.2) is 12.8 Å². The van der Waals surface area contributed by atoms with Crippen molar-refractivity contribution in [2.45, 2.75) is 50.1 Å². The van der Waals surface area contributed by atoms with Gasteiger partial charge in [-0.05, 0) is 49.6 Å². The molecule has 0 radical (unpaired) electrons. The Hall–Kier alpha value is -2.58. The van der Waals surface area contributed by atoms with Crippen LogP contribution in [0.4, 0.5) is 4.39 Å². The van der Waals surface area contributed by atoms with Crippen molar-refractivity contribution < 1.29 is 17.2 Å². The van der Waals surface area contributed by atoms with Gasteiger partial charge in [0.25, 0.3) is 0 Å². The van der Waals surface area contributed by atoms with Crippen molar-refractivity contribution in [1.82, 2.24) is 14.5 Å². The molecule has 1 aliphatic heterocycles. The topological polar surface area (TPSA) is 76.3 Å². The minimum Gasteiger partial charge on any atom is -0.426 e. The van der Waals surface area contributed by atoms with Gasteiger partial charge in [0, 0.05) is 19.4 Å². The van der Waals surface area contributed by atoms with Gasteiger partial charge >= 0.3 is 0 Å². The van der Waals surface area contributed by atoms with Crippen LogP contribution in [-0.2, 0) is 16.4 Å². The van der Waals surface area contributed by atoms with Gasteiger partial charge in [-0.1, -0.05) is 29.8 Å². The number of aromatic nitrogens is 2. The molecule has 0 amide bonds. The SMILES string of the molecule is Cc1ccc(S(=O)(=O)N2C(Cc3nnc(C)o3)CCC2c2ccc(F)cc2)cc1. The molecule has 0 spiro atoms. The van der Waals surface area contributed by atoms with Gasteiger partial charge in [0.1, 0.15) is 5.82 Å². The van der Waals surface area contributed by atoms with Crippen LogP contribution in [0.1, 0.15) is 41.8 Å². The lowest BCUT2D eigenvalue weighted by Crippen LogP contribution is -2.38. The number of hydrogen-bond donors (Lipinski definition) is 0. The number of sulfonamides is 1. The van der Waals surface area contributed by atoms with Crippen molar-refractivity contribution in [3.05, 3.63) is 77.3 Å². The van der Waals surface area contributed by atoms with E-state index in [0.717, 1.165) is 11.1 Å². The van der Waals surface area contributed by atoms with E-state index in [1.807, 2.05) is 6.92 Å². The Labute approximate surface area is 169 Å². The van der Waals surface area contributed by atoms with Gasteiger partial charge < -0.3 is 4.42 Å². The average molecular weight is 415 g/mol. The maximum absolute atomic E-state index is 13.6. The second-order valence-electron chi connectivity index (χ2n) is 7.37. The molecular formula is C21H22FN3O3S. The predicted octanol–water partition coefficient (Wildman–Crippen LogP) is 3.96. The van der Waals surface area contributed by atoms with Crippen molar-refractivity contribution in [1.29, 1.82) is 0 Å². The van der Waals surface area contributed by atoms with Gasteiger partial charge in [-0.15, -0.1) is 10.2 Å². The van der Waals surface area contributed by atoms with Gasteiger partial charge in [0.05, 0.1) is 10.9 Å². The highest BCUT2D eigenvalue weighted by molar-refractivity contribution is 7.89. The Bertz CT molecular complexity index is 1090. The molecule has 0 bridgehead atoms. The third kappa shape index (κ3) is 3.95. The van der Waals surface area contributed by atoms with E-state index in [1.54, 1.807) is 43.3 Å². The predicted molar refractivity (Wildman–Crippen MR) is 105 cm³/mol. The van der Waals surface area contributed by atoms with Crippen LogP contribution in [-0.4, -0.2) is 29.0 Å². The molecule has 4 rings (SSSR count). The van der Waals surface area contributed by atoms with Crippen LogP contribution in [0.2, 0.25) is 0 Å². The van der Waals surface area contributed by atoms with Crippen LogP contribution in [0, 0.1) is 19.7 Å². The zero-order valence-corrected chi connectivity index (χ0v) is 17.1. The molecule has 1 saturated heterocycles. The van der Waals surface area contributed by atoms with E-state index in [4.69, 9.17) is 4.42 Å². The van der Waals surface area contributed by atoms with Crippen LogP contribution in [0.25, 0.3) is 0 Å². The normalized spacial score (nSPS) is 20.2. The summed E-state index contributed by atoms with van der Waals surface area (Å²) in [5.41, 5.74) is 1.75. The Morgan fingerprint density at radius 2 is 1.72 bits per heavy atom. The lowest BCUT2D eigenvalue weighted by atomic mass is 10.1. The second kappa shape index (κ2) is 7.68. The van der Waals surface area contributed by atoms with E-state index in [9.17, 15) is 12.8 Å². The molecule has 2 atom stereocenters. The van der Waals surface area contributed by atoms with E-state index >= 15 is 0 Å². The number of benzene rings is 2. The molecule has 0 N–H and O–H groups in total. The number of hydrogen-bond acceptors (Lipinski definition) is 5. The minimum atomic E-state index is -3.78. The Morgan fingerprint density at radius 3 is 2.34 bits per heavy atom. The Morgan fingerprint density at radius 1 is 1.03 bits per heavy atom. The summed E-state index contributed by atoms with van der Waals surface area (Å²) in [6.45, 7) is 3.61. The van der Waals surface area contributed by atoms with Gasteiger partial charge in [-0.3, -0.25) is 0 Å². The summed E-state index contributed by atoms with van der Waals surface area (Å²) in [6, 6.07) is 12.1. The first-order valence-corrected chi connectivity index (χ1v) is 10.9. The second-order valence-corrected chi connectivity index (χ2v) is 9.21. The Kier molecular flexibility index (Phi) is 5.23. The number of rotatable bonds is 5. The molecule has 8 heteroatoms. The summed E-state index contributed by atoms with van der Waals surface area (Å²) < 4.78 is 47.6. The smallest absolute Gasteiger partial charge is 0.243 e. The molecule has 6 nitrogen and oxygen atoms in total. The summed E-state index contributed by atoms with van der Waals surface area (Å²) in [4.78, 5) is 0.240. The highest BCUT2D eigenvalue weighted by atomic mass is 32.2. The van der Waals surface area contributed by atoms with Gasteiger partial charge in [0.15, 0.2) is 0 Å². The molecule has 1 aliphatic rings. The van der Waals surface area contributed by atoms with Crippen LogP contribution in [0.15, 0.2) is 57.8 Å². The monoisotopic (exact) mass is 415 g/mol. The third-order valence-electron chi connectivity index (χ3n) is 5.27. The largest absolute Gasteiger partial charge is 0.426 e. The van der Waals surface area contributed by atoms with E-state index < -0.39 is 10.0 Å². The molecule has 2 unspecified atom stereocenters. The highest BCUT2D eigenvalue weighted by Gasteiger charge is 2.43. The van der Waals surface area contributed by atoms with E-state index in [0.29, 0.717) is 31.0 Å². The van der Waals surface area contributed by atoms with Crippen molar-refractivity contribution in [2.75, 3.05) is 0 Å². The molecule has 152 valence electrons. The molecule has 0 saturated carbocycles. The fourth-order valence-corrected chi connectivity index (χ4v) is 5.73. The molecule has 1 fully saturated rings. The molecular weight excluding hydrogens is 393 g/mol. The Balaban J connectivity index is 1.74. The average Bonchev–Trinajstić information content (AvgIpc) is 3.29. The lowest BCUT2D eigenvalue weighted by Gasteiger charge is -2.29. The fourth-order valence-electron chi connectivity index (χ4n) is 3.87. The van der Waals surface area contributed by atoms with Crippen molar-refractivity contribution in [2.24, 2.45) is 0 Å². The summed E-state index contributed by atoms with van der Waals surface area (Å²) >= 11 is 0. The summed E-state index contributed by atoms with van der Waals surface area (Å²) in [7, 11) is -3.78. The van der Waals surface area contributed by atoms with E-state index in [1.165, 1.54) is 16.4 Å². The van der Waals surface area contributed by atoms with Gasteiger partial charge in [0.2, 0.25) is 21.8 Å². The summed E-state index contributed by atoms with van der Waals surface area (Å²) in [5.74, 6) is 0.509. The zero-order chi connectivity index (χ0) is 20.6. The number of nitrogens with zero attached hydrogens (tertiary/aromatic N) is 3. The third-order valence-corrected chi connectivity index (χ3v) is 7.25. The maximum Gasteiger partial charge on any atom is 0.243 e. The molecule has 2 aromatic carbocycles. The quantitative estimate of drug-likeness (QED) is 0.630. The standard InChI is InChI=1S/C21H22FN3O3S/c1-14-3-10-19(11-4-14)29(26,27)25-18(13-21-24-23-15(2)28-21)9-12-20(25)16-5-7-17(22)8-6-16/h3-8,10-11,18,20H,9,12-13H2,1-2H3. The molecule has 2 heterocycles. The zero-order valence-electron chi connectivity index (χ0n) is 16.2. The maximum atomic E-state index is 13.6. The minimum absolute atomic E-state index is 0.240. The first-order chi connectivity index (χ1) is 13.8. The number of aryl methyl sites for hydroxylation is 2. The summed E-state index contributed by atoms with van der Waals surface area (Å²) in [6.07, 6.45) is 1.62. The van der Waals surface area contributed by atoms with Crippen molar-refractivity contribution in [3.63, 3.8) is 0 Å². The number of halogens is 1. The van der Waals surface area contributed by atoms with Crippen LogP contribution < -0.4 is 0 Å². The van der Waals surface area contributed by atoms with Crippen LogP contribution in [0.3, 0.4) is 0 Å². The van der Waals surface area contributed by atoms with E-state index in [2.05, 4.69) is 10.2 Å². The highest BCUT2D eigenvalue weighted by Crippen LogP contribution is 2.41. The van der Waals surface area contributed by atoms with Crippen LogP contribution in [0.5, 0.6) is 0 Å². The van der Waals surface area contributed by atoms with Crippen molar-refractivity contribution in [3.8, 4) is 0 Å². The van der Waals surface area contributed by atoms with Gasteiger partial charge in [-0.2, -0.15) is 4.31 Å².